The lowest BCUT2D eigenvalue weighted by molar-refractivity contribution is -0.274. The fraction of sp³-hybridized carbons (Fsp3) is 0.0667. The maximum Gasteiger partial charge on any atom is 0.573 e. The van der Waals surface area contributed by atoms with E-state index in [1.807, 2.05) is 36.3 Å². The van der Waals surface area contributed by atoms with Crippen molar-refractivity contribution in [2.45, 2.75) is 6.36 Å². The van der Waals surface area contributed by atoms with Gasteiger partial charge in [0, 0.05) is 5.69 Å². The highest BCUT2D eigenvalue weighted by Crippen LogP contribution is 2.29. The first-order chi connectivity index (χ1) is 10.0. The van der Waals surface area contributed by atoms with Crippen molar-refractivity contribution >= 4 is 24.1 Å². The predicted octanol–water partition coefficient (Wildman–Crippen LogP) is 3.46. The van der Waals surface area contributed by atoms with Gasteiger partial charge in [0.15, 0.2) is 0 Å². The fourth-order valence-electron chi connectivity index (χ4n) is 2.28. The minimum Gasteiger partial charge on any atom is -0.420 e. The van der Waals surface area contributed by atoms with Crippen LogP contribution in [0.1, 0.15) is 5.56 Å². The summed E-state index contributed by atoms with van der Waals surface area (Å²) >= 11 is 0. The van der Waals surface area contributed by atoms with Crippen LogP contribution in [0.5, 0.6) is 5.75 Å². The van der Waals surface area contributed by atoms with Crippen molar-refractivity contribution in [2.75, 3.05) is 5.23 Å². The highest BCUT2D eigenvalue weighted by atomic mass is 19.4. The number of anilines is 1. The minimum absolute atomic E-state index is 0.00749. The van der Waals surface area contributed by atoms with E-state index >= 15 is 0 Å². The third-order valence-electron chi connectivity index (χ3n) is 3.19. The summed E-state index contributed by atoms with van der Waals surface area (Å²) in [4.78, 5) is 0. The first-order valence-electron chi connectivity index (χ1n) is 6.41. The van der Waals surface area contributed by atoms with Crippen LogP contribution in [-0.2, 0) is 0 Å². The molecule has 1 aliphatic heterocycles. The van der Waals surface area contributed by atoms with Crippen LogP contribution < -0.4 is 15.4 Å². The standard InChI is InChI=1S/C15H11BF3NO/c17-15(18,19)21-13-6-7-14-11(10-13)8-9-16(20-14)12-4-2-1-3-5-12/h1-10,20H. The van der Waals surface area contributed by atoms with Crippen LogP contribution >= 0.6 is 0 Å². The number of hydrogen-bond donors (Lipinski definition) is 1. The van der Waals surface area contributed by atoms with Crippen molar-refractivity contribution in [3.05, 3.63) is 60.1 Å². The number of nitrogens with one attached hydrogen (secondary N) is 1. The second-order valence-electron chi connectivity index (χ2n) is 4.69. The average Bonchev–Trinajstić information content (AvgIpc) is 2.46. The van der Waals surface area contributed by atoms with E-state index < -0.39 is 6.36 Å². The largest absolute Gasteiger partial charge is 0.573 e. The number of hydrogen-bond acceptors (Lipinski definition) is 2. The Morgan fingerprint density at radius 2 is 1.76 bits per heavy atom. The van der Waals surface area contributed by atoms with Gasteiger partial charge in [-0.15, -0.1) is 13.2 Å². The monoisotopic (exact) mass is 289 g/mol. The molecule has 106 valence electrons. The lowest BCUT2D eigenvalue weighted by Crippen LogP contribution is -2.38. The number of alkyl halides is 3. The molecule has 0 atom stereocenters. The molecule has 0 spiro atoms. The molecular formula is C15H11BF3NO. The zero-order chi connectivity index (χ0) is 14.9. The van der Waals surface area contributed by atoms with Gasteiger partial charge in [-0.25, -0.2) is 0 Å². The van der Waals surface area contributed by atoms with Gasteiger partial charge in [-0.2, -0.15) is 0 Å². The van der Waals surface area contributed by atoms with Crippen LogP contribution in [0.25, 0.3) is 6.08 Å². The molecule has 1 N–H and O–H groups in total. The van der Waals surface area contributed by atoms with E-state index in [0.29, 0.717) is 5.56 Å². The van der Waals surface area contributed by atoms with Gasteiger partial charge < -0.3 is 9.96 Å². The van der Waals surface area contributed by atoms with E-state index in [9.17, 15) is 13.2 Å². The van der Waals surface area contributed by atoms with Gasteiger partial charge in [0.05, 0.1) is 0 Å². The third kappa shape index (κ3) is 3.21. The summed E-state index contributed by atoms with van der Waals surface area (Å²) < 4.78 is 40.5. The smallest absolute Gasteiger partial charge is 0.420 e. The minimum atomic E-state index is -4.67. The van der Waals surface area contributed by atoms with Gasteiger partial charge >= 0.3 is 13.2 Å². The van der Waals surface area contributed by atoms with E-state index in [2.05, 4.69) is 9.96 Å². The second kappa shape index (κ2) is 5.20. The van der Waals surface area contributed by atoms with Crippen molar-refractivity contribution in [1.82, 2.24) is 0 Å². The van der Waals surface area contributed by atoms with Gasteiger partial charge in [-0.05, 0) is 23.8 Å². The first kappa shape index (κ1) is 13.6. The van der Waals surface area contributed by atoms with Crippen LogP contribution in [0.2, 0.25) is 0 Å². The molecule has 0 amide bonds. The molecule has 3 rings (SSSR count). The number of halogens is 3. The molecule has 0 bridgehead atoms. The highest BCUT2D eigenvalue weighted by Gasteiger charge is 2.31. The normalized spacial score (nSPS) is 13.6. The topological polar surface area (TPSA) is 21.3 Å². The van der Waals surface area contributed by atoms with Crippen molar-refractivity contribution in [1.29, 1.82) is 0 Å². The molecule has 0 saturated heterocycles. The Bertz CT molecular complexity index is 670. The molecule has 0 fully saturated rings. The Hall–Kier alpha value is -2.37. The Balaban J connectivity index is 1.83. The molecule has 1 heterocycles. The van der Waals surface area contributed by atoms with Gasteiger partial charge in [0.2, 0.25) is 0 Å². The lowest BCUT2D eigenvalue weighted by Gasteiger charge is -2.21. The van der Waals surface area contributed by atoms with E-state index in [4.69, 9.17) is 0 Å². The third-order valence-corrected chi connectivity index (χ3v) is 3.19. The number of benzene rings is 2. The number of ether oxygens (including phenoxy) is 1. The molecule has 0 aromatic heterocycles. The van der Waals surface area contributed by atoms with E-state index in [-0.39, 0.29) is 12.6 Å². The average molecular weight is 289 g/mol. The van der Waals surface area contributed by atoms with Crippen LogP contribution in [0.15, 0.2) is 54.5 Å². The summed E-state index contributed by atoms with van der Waals surface area (Å²) in [5.41, 5.74) is 2.54. The van der Waals surface area contributed by atoms with E-state index in [1.165, 1.54) is 12.1 Å². The molecule has 0 aliphatic carbocycles. The number of rotatable bonds is 2. The van der Waals surface area contributed by atoms with Gasteiger partial charge in [0.25, 0.3) is 0 Å². The molecule has 1 aliphatic rings. The fourth-order valence-corrected chi connectivity index (χ4v) is 2.28. The van der Waals surface area contributed by atoms with Crippen LogP contribution in [0.3, 0.4) is 0 Å². The maximum absolute atomic E-state index is 12.2. The quantitative estimate of drug-likeness (QED) is 0.855. The van der Waals surface area contributed by atoms with E-state index in [0.717, 1.165) is 11.2 Å². The Morgan fingerprint density at radius 1 is 1.00 bits per heavy atom. The predicted molar refractivity (Wildman–Crippen MR) is 77.6 cm³/mol. The highest BCUT2D eigenvalue weighted by molar-refractivity contribution is 6.81. The second-order valence-corrected chi connectivity index (χ2v) is 4.69. The van der Waals surface area contributed by atoms with Crippen molar-refractivity contribution in [3.63, 3.8) is 0 Å². The Kier molecular flexibility index (Phi) is 3.37. The molecule has 2 aromatic rings. The van der Waals surface area contributed by atoms with Crippen molar-refractivity contribution < 1.29 is 17.9 Å². The molecule has 0 saturated carbocycles. The molecule has 0 radical (unpaired) electrons. The van der Waals surface area contributed by atoms with Gasteiger partial charge in [-0.3, -0.25) is 0 Å². The molecular weight excluding hydrogens is 278 g/mol. The Labute approximate surface area is 120 Å². The van der Waals surface area contributed by atoms with Gasteiger partial charge in [-0.1, -0.05) is 47.8 Å². The zero-order valence-electron chi connectivity index (χ0n) is 10.9. The molecule has 6 heteroatoms. The maximum atomic E-state index is 12.2. The summed E-state index contributed by atoms with van der Waals surface area (Å²) in [6, 6.07) is 14.1. The summed E-state index contributed by atoms with van der Waals surface area (Å²) in [6.07, 6.45) is -2.88. The molecule has 2 nitrogen and oxygen atoms in total. The Morgan fingerprint density at radius 3 is 2.48 bits per heavy atom. The van der Waals surface area contributed by atoms with Crippen LogP contribution in [0.4, 0.5) is 18.9 Å². The van der Waals surface area contributed by atoms with Crippen LogP contribution in [0, 0.1) is 0 Å². The summed E-state index contributed by atoms with van der Waals surface area (Å²) in [7, 11) is 0. The zero-order valence-corrected chi connectivity index (χ0v) is 10.9. The molecule has 2 aromatic carbocycles. The molecule has 21 heavy (non-hydrogen) atoms. The van der Waals surface area contributed by atoms with Crippen LogP contribution in [-0.4, -0.2) is 13.2 Å². The summed E-state index contributed by atoms with van der Waals surface area (Å²) in [5, 5.41) is 3.28. The summed E-state index contributed by atoms with van der Waals surface area (Å²) in [6.45, 7) is 0.00749. The number of fused-ring (bicyclic) bond motifs is 1. The molecule has 0 unspecified atom stereocenters. The van der Waals surface area contributed by atoms with Crippen molar-refractivity contribution in [3.8, 4) is 5.75 Å². The van der Waals surface area contributed by atoms with Crippen molar-refractivity contribution in [2.24, 2.45) is 0 Å². The van der Waals surface area contributed by atoms with Gasteiger partial charge in [0.1, 0.15) is 5.75 Å². The summed E-state index contributed by atoms with van der Waals surface area (Å²) in [5.74, 6) is 1.69. The first-order valence-corrected chi connectivity index (χ1v) is 6.41. The van der Waals surface area contributed by atoms with E-state index in [1.54, 1.807) is 12.1 Å². The SMILES string of the molecule is FC(F)(F)Oc1ccc2c(c1)C=CB(c1ccccc1)N2. The lowest BCUT2D eigenvalue weighted by atomic mass is 9.54.